The van der Waals surface area contributed by atoms with Crippen LogP contribution in [0.25, 0.3) is 128 Å². The van der Waals surface area contributed by atoms with E-state index in [4.69, 9.17) is 21.8 Å². The number of hydrogen-bond donors (Lipinski definition) is 0. The molecule has 0 unspecified atom stereocenters. The fraction of sp³-hybridized carbons (Fsp3) is 0. The molecule has 0 aliphatic heterocycles. The standard InChI is InChI=1S/C64H39N7/c65-40-46-38-44(31-34-54(46)71-56-29-14-10-25-49(56)51-33-36-59-60(61(51)71)52-27-12-15-30-57(52)70(59)48-23-8-3-9-24-48)63-66-62(43-20-16-19-42(37-43)41-17-4-1-5-18-41)67-64(68-63)45-32-35-58-53(39-45)50-26-11-13-28-55(50)69(58)47-21-6-2-7-22-47/h1-39H/i3D,8D,9D,23D,24D. The molecule has 0 aliphatic rings. The second-order valence-corrected chi connectivity index (χ2v) is 17.6. The third-order valence-corrected chi connectivity index (χ3v) is 13.6. The molecule has 0 N–H and O–H groups in total. The van der Waals surface area contributed by atoms with Crippen LogP contribution in [0.4, 0.5) is 0 Å². The van der Waals surface area contributed by atoms with Crippen LogP contribution in [0, 0.1) is 11.3 Å². The number of rotatable bonds is 7. The minimum absolute atomic E-state index is 0.0584. The van der Waals surface area contributed by atoms with Crippen LogP contribution in [0.15, 0.2) is 236 Å². The van der Waals surface area contributed by atoms with E-state index in [-0.39, 0.29) is 17.8 Å². The predicted molar refractivity (Wildman–Crippen MR) is 289 cm³/mol. The number of para-hydroxylation sites is 5. The SMILES string of the molecule is [2H]c1c([2H])c([2H])c(-n2c3ccccc3c3c2ccc2c4ccccc4n(-c4ccc(-c5nc(-c6cccc(-c7ccccc7)c6)nc(-c6ccc7c(c6)c6ccccc6n7-c6ccccc6)n5)cc4C#N)c23)c([2H])c1[2H]. The average molecular weight is 911 g/mol. The lowest BCUT2D eigenvalue weighted by Gasteiger charge is -2.13. The molecule has 0 fully saturated rings. The lowest BCUT2D eigenvalue weighted by molar-refractivity contribution is 1.07. The Hall–Kier alpha value is -9.90. The van der Waals surface area contributed by atoms with Crippen molar-refractivity contribution in [2.24, 2.45) is 0 Å². The number of hydrogen-bond acceptors (Lipinski definition) is 4. The Balaban J connectivity index is 0.986. The van der Waals surface area contributed by atoms with Crippen LogP contribution >= 0.6 is 0 Å². The van der Waals surface area contributed by atoms with E-state index < -0.39 is 18.1 Å². The molecule has 4 heterocycles. The molecule has 0 amide bonds. The molecule has 7 nitrogen and oxygen atoms in total. The Morgan fingerprint density at radius 2 is 0.887 bits per heavy atom. The Morgan fingerprint density at radius 3 is 1.61 bits per heavy atom. The van der Waals surface area contributed by atoms with Gasteiger partial charge in [-0.05, 0) is 102 Å². The van der Waals surface area contributed by atoms with E-state index in [9.17, 15) is 5.26 Å². The molecule has 0 saturated carbocycles. The molecule has 7 heteroatoms. The van der Waals surface area contributed by atoms with E-state index in [0.29, 0.717) is 45.3 Å². The van der Waals surface area contributed by atoms with Crippen molar-refractivity contribution < 1.29 is 6.85 Å². The van der Waals surface area contributed by atoms with Crippen molar-refractivity contribution in [3.8, 4) is 68.4 Å². The zero-order valence-electron chi connectivity index (χ0n) is 42.8. The van der Waals surface area contributed by atoms with Gasteiger partial charge in [-0.15, -0.1) is 0 Å². The highest BCUT2D eigenvalue weighted by atomic mass is 15.0. The summed E-state index contributed by atoms with van der Waals surface area (Å²) in [5.74, 6) is 1.35. The number of fused-ring (bicyclic) bond motifs is 10. The second kappa shape index (κ2) is 16.1. The molecule has 14 aromatic rings. The molecule has 71 heavy (non-hydrogen) atoms. The molecule has 0 spiro atoms. The number of nitriles is 1. The first kappa shape index (κ1) is 35.3. The summed E-state index contributed by atoms with van der Waals surface area (Å²) in [6.45, 7) is 0. The summed E-state index contributed by atoms with van der Waals surface area (Å²) in [6, 6.07) is 69.6. The summed E-state index contributed by atoms with van der Waals surface area (Å²) in [6.07, 6.45) is 0. The highest BCUT2D eigenvalue weighted by Crippen LogP contribution is 2.43. The number of nitrogens with zero attached hydrogens (tertiary/aromatic N) is 7. The van der Waals surface area contributed by atoms with Crippen LogP contribution < -0.4 is 0 Å². The van der Waals surface area contributed by atoms with Crippen LogP contribution in [-0.4, -0.2) is 28.7 Å². The van der Waals surface area contributed by atoms with Gasteiger partial charge in [-0.2, -0.15) is 5.26 Å². The third kappa shape index (κ3) is 6.40. The topological polar surface area (TPSA) is 77.2 Å². The maximum atomic E-state index is 11.3. The van der Waals surface area contributed by atoms with Crippen molar-refractivity contribution >= 4 is 65.4 Å². The molecule has 0 atom stereocenters. The minimum atomic E-state index is -0.457. The van der Waals surface area contributed by atoms with E-state index in [1.54, 1.807) is 4.57 Å². The summed E-state index contributed by atoms with van der Waals surface area (Å²) in [4.78, 5) is 15.6. The molecule has 0 bridgehead atoms. The maximum absolute atomic E-state index is 11.3. The molecule has 10 aromatic carbocycles. The Bertz CT molecular complexity index is 4750. The first-order valence-corrected chi connectivity index (χ1v) is 23.3. The van der Waals surface area contributed by atoms with E-state index >= 15 is 0 Å². The van der Waals surface area contributed by atoms with Gasteiger partial charge in [0.15, 0.2) is 17.5 Å². The number of aromatic nitrogens is 6. The van der Waals surface area contributed by atoms with Gasteiger partial charge in [-0.3, -0.25) is 0 Å². The largest absolute Gasteiger partial charge is 0.309 e. The minimum Gasteiger partial charge on any atom is -0.309 e. The molecular formula is C64H39N7. The lowest BCUT2D eigenvalue weighted by Crippen LogP contribution is -2.02. The van der Waals surface area contributed by atoms with Crippen LogP contribution in [0.5, 0.6) is 0 Å². The summed E-state index contributed by atoms with van der Waals surface area (Å²) in [7, 11) is 0. The molecular weight excluding hydrogens is 867 g/mol. The van der Waals surface area contributed by atoms with Crippen molar-refractivity contribution in [3.63, 3.8) is 0 Å². The smallest absolute Gasteiger partial charge is 0.164 e. The first-order chi connectivity index (χ1) is 37.2. The second-order valence-electron chi connectivity index (χ2n) is 17.6. The van der Waals surface area contributed by atoms with Gasteiger partial charge >= 0.3 is 0 Å². The van der Waals surface area contributed by atoms with E-state index in [0.717, 1.165) is 82.3 Å². The Labute approximate surface area is 415 Å². The molecule has 0 radical (unpaired) electrons. The Kier molecular flexibility index (Phi) is 8.01. The maximum Gasteiger partial charge on any atom is 0.164 e. The van der Waals surface area contributed by atoms with E-state index in [1.165, 1.54) is 0 Å². The average Bonchev–Trinajstić information content (AvgIpc) is 4.13. The van der Waals surface area contributed by atoms with Gasteiger partial charge in [-0.1, -0.05) is 146 Å². The molecule has 330 valence electrons. The highest BCUT2D eigenvalue weighted by Gasteiger charge is 2.23. The summed E-state index contributed by atoms with van der Waals surface area (Å²) < 4.78 is 49.8. The first-order valence-electron chi connectivity index (χ1n) is 25.8. The van der Waals surface area contributed by atoms with Gasteiger partial charge in [0.05, 0.1) is 51.2 Å². The third-order valence-electron chi connectivity index (χ3n) is 13.6. The van der Waals surface area contributed by atoms with Crippen molar-refractivity contribution in [2.45, 2.75) is 0 Å². The van der Waals surface area contributed by atoms with Crippen molar-refractivity contribution in [1.82, 2.24) is 28.7 Å². The zero-order valence-corrected chi connectivity index (χ0v) is 37.8. The van der Waals surface area contributed by atoms with Gasteiger partial charge in [0.2, 0.25) is 0 Å². The summed E-state index contributed by atoms with van der Waals surface area (Å²) in [5.41, 5.74) is 11.6. The van der Waals surface area contributed by atoms with E-state index in [2.05, 4.69) is 100 Å². The van der Waals surface area contributed by atoms with E-state index in [1.807, 2.05) is 121 Å². The monoisotopic (exact) mass is 910 g/mol. The predicted octanol–water partition coefficient (Wildman–Crippen LogP) is 15.7. The fourth-order valence-electron chi connectivity index (χ4n) is 10.5. The fourth-order valence-corrected chi connectivity index (χ4v) is 10.5. The van der Waals surface area contributed by atoms with Crippen molar-refractivity contribution in [2.75, 3.05) is 0 Å². The molecule has 14 rings (SSSR count). The van der Waals surface area contributed by atoms with Crippen LogP contribution in [0.1, 0.15) is 12.4 Å². The quantitative estimate of drug-likeness (QED) is 0.160. The Morgan fingerprint density at radius 1 is 0.366 bits per heavy atom. The van der Waals surface area contributed by atoms with Crippen LogP contribution in [0.2, 0.25) is 0 Å². The highest BCUT2D eigenvalue weighted by molar-refractivity contribution is 6.26. The summed E-state index contributed by atoms with van der Waals surface area (Å²) >= 11 is 0. The van der Waals surface area contributed by atoms with Gasteiger partial charge in [0.1, 0.15) is 6.07 Å². The lowest BCUT2D eigenvalue weighted by atomic mass is 10.0. The normalized spacial score (nSPS) is 12.6. The van der Waals surface area contributed by atoms with Gasteiger partial charge < -0.3 is 13.7 Å². The van der Waals surface area contributed by atoms with Gasteiger partial charge in [-0.25, -0.2) is 15.0 Å². The van der Waals surface area contributed by atoms with Crippen molar-refractivity contribution in [1.29, 1.82) is 5.26 Å². The van der Waals surface area contributed by atoms with Crippen LogP contribution in [0.3, 0.4) is 0 Å². The van der Waals surface area contributed by atoms with Gasteiger partial charge in [0, 0.05) is 60.4 Å². The van der Waals surface area contributed by atoms with Crippen LogP contribution in [-0.2, 0) is 0 Å². The van der Waals surface area contributed by atoms with Crippen molar-refractivity contribution in [3.05, 3.63) is 242 Å². The number of benzene rings is 10. The zero-order chi connectivity index (χ0) is 51.3. The summed E-state index contributed by atoms with van der Waals surface area (Å²) in [5, 5.41) is 16.9. The van der Waals surface area contributed by atoms with Gasteiger partial charge in [0.25, 0.3) is 0 Å². The molecule has 4 aromatic heterocycles. The molecule has 0 saturated heterocycles. The molecule has 0 aliphatic carbocycles.